The van der Waals surface area contributed by atoms with Crippen LogP contribution in [-0.4, -0.2) is 20.8 Å². The Balaban J connectivity index is 1.99. The van der Waals surface area contributed by atoms with Crippen LogP contribution in [-0.2, 0) is 6.42 Å². The van der Waals surface area contributed by atoms with Gasteiger partial charge in [-0.1, -0.05) is 36.4 Å². The summed E-state index contributed by atoms with van der Waals surface area (Å²) in [4.78, 5) is 0. The van der Waals surface area contributed by atoms with Gasteiger partial charge in [-0.25, -0.2) is 0 Å². The SMILES string of the molecule is CNC(C)c1ccc(OCCc2ccccc2)c(OC)c1. The Morgan fingerprint density at radius 2 is 1.81 bits per heavy atom. The Morgan fingerprint density at radius 3 is 2.48 bits per heavy atom. The van der Waals surface area contributed by atoms with Crippen molar-refractivity contribution in [3.05, 3.63) is 59.7 Å². The highest BCUT2D eigenvalue weighted by molar-refractivity contribution is 5.43. The summed E-state index contributed by atoms with van der Waals surface area (Å²) >= 11 is 0. The van der Waals surface area contributed by atoms with Crippen molar-refractivity contribution in [3.63, 3.8) is 0 Å². The first-order chi connectivity index (χ1) is 10.2. The molecule has 1 unspecified atom stereocenters. The molecule has 112 valence electrons. The predicted molar refractivity (Wildman–Crippen MR) is 86.1 cm³/mol. The monoisotopic (exact) mass is 285 g/mol. The van der Waals surface area contributed by atoms with E-state index in [2.05, 4.69) is 30.4 Å². The standard InChI is InChI=1S/C18H23NO2/c1-14(19-2)16-9-10-17(18(13-16)20-3)21-12-11-15-7-5-4-6-8-15/h4-10,13-14,19H,11-12H2,1-3H3. The molecule has 21 heavy (non-hydrogen) atoms. The summed E-state index contributed by atoms with van der Waals surface area (Å²) in [6, 6.07) is 16.7. The normalized spacial score (nSPS) is 12.0. The van der Waals surface area contributed by atoms with E-state index in [-0.39, 0.29) is 6.04 Å². The van der Waals surface area contributed by atoms with Crippen molar-refractivity contribution in [1.29, 1.82) is 0 Å². The first-order valence-electron chi connectivity index (χ1n) is 7.26. The molecule has 0 radical (unpaired) electrons. The summed E-state index contributed by atoms with van der Waals surface area (Å²) in [6.45, 7) is 2.76. The lowest BCUT2D eigenvalue weighted by atomic mass is 10.1. The van der Waals surface area contributed by atoms with Gasteiger partial charge in [-0.3, -0.25) is 0 Å². The molecule has 3 heteroatoms. The molecular weight excluding hydrogens is 262 g/mol. The predicted octanol–water partition coefficient (Wildman–Crippen LogP) is 3.60. The third-order valence-corrected chi connectivity index (χ3v) is 3.61. The Morgan fingerprint density at radius 1 is 1.05 bits per heavy atom. The molecule has 0 aliphatic carbocycles. The van der Waals surface area contributed by atoms with Gasteiger partial charge in [0.05, 0.1) is 13.7 Å². The van der Waals surface area contributed by atoms with Crippen LogP contribution in [0, 0.1) is 0 Å². The molecule has 2 aromatic carbocycles. The number of nitrogens with one attached hydrogen (secondary N) is 1. The van der Waals surface area contributed by atoms with Gasteiger partial charge in [-0.15, -0.1) is 0 Å². The lowest BCUT2D eigenvalue weighted by molar-refractivity contribution is 0.297. The van der Waals surface area contributed by atoms with Crippen molar-refractivity contribution >= 4 is 0 Å². The quantitative estimate of drug-likeness (QED) is 0.843. The molecule has 0 saturated carbocycles. The van der Waals surface area contributed by atoms with Crippen LogP contribution in [0.4, 0.5) is 0 Å². The molecule has 0 spiro atoms. The Hall–Kier alpha value is -2.00. The molecule has 2 aromatic rings. The van der Waals surface area contributed by atoms with Gasteiger partial charge >= 0.3 is 0 Å². The van der Waals surface area contributed by atoms with Crippen LogP contribution in [0.15, 0.2) is 48.5 Å². The Kier molecular flexibility index (Phi) is 5.64. The minimum Gasteiger partial charge on any atom is -0.493 e. The second-order valence-corrected chi connectivity index (χ2v) is 5.00. The smallest absolute Gasteiger partial charge is 0.161 e. The van der Waals surface area contributed by atoms with Crippen LogP contribution in [0.2, 0.25) is 0 Å². The zero-order valence-corrected chi connectivity index (χ0v) is 12.9. The highest BCUT2D eigenvalue weighted by Crippen LogP contribution is 2.30. The number of ether oxygens (including phenoxy) is 2. The molecule has 2 rings (SSSR count). The van der Waals surface area contributed by atoms with Crippen molar-refractivity contribution in [2.24, 2.45) is 0 Å². The molecule has 1 atom stereocenters. The largest absolute Gasteiger partial charge is 0.493 e. The molecule has 0 bridgehead atoms. The fourth-order valence-corrected chi connectivity index (χ4v) is 2.16. The van der Waals surface area contributed by atoms with Crippen LogP contribution in [0.1, 0.15) is 24.1 Å². The van der Waals surface area contributed by atoms with Gasteiger partial charge in [0.2, 0.25) is 0 Å². The topological polar surface area (TPSA) is 30.5 Å². The lowest BCUT2D eigenvalue weighted by Gasteiger charge is -2.15. The van der Waals surface area contributed by atoms with E-state index in [0.717, 1.165) is 17.9 Å². The lowest BCUT2D eigenvalue weighted by Crippen LogP contribution is -2.12. The average molecular weight is 285 g/mol. The van der Waals surface area contributed by atoms with Crippen LogP contribution in [0.5, 0.6) is 11.5 Å². The van der Waals surface area contributed by atoms with Gasteiger partial charge in [-0.05, 0) is 37.2 Å². The maximum Gasteiger partial charge on any atom is 0.161 e. The molecular formula is C18H23NO2. The van der Waals surface area contributed by atoms with Crippen LogP contribution < -0.4 is 14.8 Å². The maximum absolute atomic E-state index is 5.85. The number of benzene rings is 2. The first-order valence-corrected chi connectivity index (χ1v) is 7.26. The summed E-state index contributed by atoms with van der Waals surface area (Å²) in [7, 11) is 3.62. The Bertz CT molecular complexity index is 554. The van der Waals surface area contributed by atoms with Crippen molar-refractivity contribution in [3.8, 4) is 11.5 Å². The van der Waals surface area contributed by atoms with Crippen LogP contribution in [0.3, 0.4) is 0 Å². The van der Waals surface area contributed by atoms with Gasteiger partial charge in [0.25, 0.3) is 0 Å². The number of methoxy groups -OCH3 is 1. The van der Waals surface area contributed by atoms with E-state index in [9.17, 15) is 0 Å². The number of hydrogen-bond acceptors (Lipinski definition) is 3. The molecule has 0 aliphatic rings. The van der Waals surface area contributed by atoms with Crippen LogP contribution >= 0.6 is 0 Å². The van der Waals surface area contributed by atoms with Gasteiger partial charge in [0.15, 0.2) is 11.5 Å². The second-order valence-electron chi connectivity index (χ2n) is 5.00. The summed E-state index contributed by atoms with van der Waals surface area (Å²) in [5.41, 5.74) is 2.46. The van der Waals surface area contributed by atoms with Crippen molar-refractivity contribution in [2.45, 2.75) is 19.4 Å². The second kappa shape index (κ2) is 7.70. The molecule has 1 N–H and O–H groups in total. The average Bonchev–Trinajstić information content (AvgIpc) is 2.55. The molecule has 0 heterocycles. The summed E-state index contributed by atoms with van der Waals surface area (Å²) in [5, 5.41) is 3.22. The minimum atomic E-state index is 0.289. The third kappa shape index (κ3) is 4.23. The fraction of sp³-hybridized carbons (Fsp3) is 0.333. The van der Waals surface area contributed by atoms with E-state index >= 15 is 0 Å². The van der Waals surface area contributed by atoms with Gasteiger partial charge < -0.3 is 14.8 Å². The summed E-state index contributed by atoms with van der Waals surface area (Å²) < 4.78 is 11.3. The summed E-state index contributed by atoms with van der Waals surface area (Å²) in [6.07, 6.45) is 0.888. The highest BCUT2D eigenvalue weighted by atomic mass is 16.5. The highest BCUT2D eigenvalue weighted by Gasteiger charge is 2.09. The van der Waals surface area contributed by atoms with Gasteiger partial charge in [0.1, 0.15) is 0 Å². The molecule has 0 saturated heterocycles. The van der Waals surface area contributed by atoms with E-state index < -0.39 is 0 Å². The van der Waals surface area contributed by atoms with Crippen molar-refractivity contribution in [2.75, 3.05) is 20.8 Å². The zero-order valence-electron chi connectivity index (χ0n) is 12.9. The molecule has 0 amide bonds. The van der Waals surface area contributed by atoms with E-state index in [1.165, 1.54) is 11.1 Å². The number of hydrogen-bond donors (Lipinski definition) is 1. The molecule has 3 nitrogen and oxygen atoms in total. The van der Waals surface area contributed by atoms with Crippen molar-refractivity contribution < 1.29 is 9.47 Å². The van der Waals surface area contributed by atoms with E-state index in [1.807, 2.05) is 37.4 Å². The van der Waals surface area contributed by atoms with E-state index in [4.69, 9.17) is 9.47 Å². The first kappa shape index (κ1) is 15.4. The fourth-order valence-electron chi connectivity index (χ4n) is 2.16. The summed E-state index contributed by atoms with van der Waals surface area (Å²) in [5.74, 6) is 1.57. The van der Waals surface area contributed by atoms with E-state index in [0.29, 0.717) is 6.61 Å². The Labute approximate surface area is 126 Å². The van der Waals surface area contributed by atoms with Gasteiger partial charge in [0, 0.05) is 12.5 Å². The van der Waals surface area contributed by atoms with Crippen molar-refractivity contribution in [1.82, 2.24) is 5.32 Å². The molecule has 0 aliphatic heterocycles. The molecule has 0 aromatic heterocycles. The third-order valence-electron chi connectivity index (χ3n) is 3.61. The molecule has 0 fully saturated rings. The number of rotatable bonds is 7. The van der Waals surface area contributed by atoms with E-state index in [1.54, 1.807) is 7.11 Å². The zero-order chi connectivity index (χ0) is 15.1. The van der Waals surface area contributed by atoms with Crippen LogP contribution in [0.25, 0.3) is 0 Å². The minimum absolute atomic E-state index is 0.289. The maximum atomic E-state index is 5.85. The van der Waals surface area contributed by atoms with Gasteiger partial charge in [-0.2, -0.15) is 0 Å².